The molecular formula is C14H8BrClF2N2O2. The van der Waals surface area contributed by atoms with Crippen molar-refractivity contribution in [3.63, 3.8) is 0 Å². The first-order valence-corrected chi connectivity index (χ1v) is 7.07. The zero-order valence-electron chi connectivity index (χ0n) is 10.8. The Kier molecular flexibility index (Phi) is 5.10. The molecule has 2 amide bonds. The molecule has 0 radical (unpaired) electrons. The molecule has 0 heterocycles. The van der Waals surface area contributed by atoms with Crippen LogP contribution < -0.4 is 10.9 Å². The number of rotatable bonds is 2. The topological polar surface area (TPSA) is 58.2 Å². The number of carbonyl (C=O) groups excluding carboxylic acids is 2. The van der Waals surface area contributed by atoms with Gasteiger partial charge in [-0.3, -0.25) is 20.4 Å². The summed E-state index contributed by atoms with van der Waals surface area (Å²) < 4.78 is 26.6. The van der Waals surface area contributed by atoms with E-state index in [1.807, 2.05) is 0 Å². The summed E-state index contributed by atoms with van der Waals surface area (Å²) in [5.74, 6) is -3.84. The van der Waals surface area contributed by atoms with E-state index < -0.39 is 23.4 Å². The lowest BCUT2D eigenvalue weighted by atomic mass is 10.2. The highest BCUT2D eigenvalue weighted by Crippen LogP contribution is 2.20. The number of benzene rings is 2. The summed E-state index contributed by atoms with van der Waals surface area (Å²) >= 11 is 8.86. The number of halogens is 4. The van der Waals surface area contributed by atoms with Crippen LogP contribution in [-0.2, 0) is 0 Å². The molecule has 0 aromatic heterocycles. The molecule has 0 atom stereocenters. The summed E-state index contributed by atoms with van der Waals surface area (Å²) in [6.07, 6.45) is 0. The third kappa shape index (κ3) is 3.61. The van der Waals surface area contributed by atoms with Crippen LogP contribution in [0.1, 0.15) is 20.7 Å². The van der Waals surface area contributed by atoms with Gasteiger partial charge in [-0.2, -0.15) is 0 Å². The minimum Gasteiger partial charge on any atom is -0.267 e. The molecule has 0 unspecified atom stereocenters. The van der Waals surface area contributed by atoms with Crippen molar-refractivity contribution in [2.45, 2.75) is 0 Å². The molecule has 8 heteroatoms. The molecule has 4 nitrogen and oxygen atoms in total. The second-order valence-corrected chi connectivity index (χ2v) is 5.40. The maximum Gasteiger partial charge on any atom is 0.271 e. The zero-order chi connectivity index (χ0) is 16.3. The van der Waals surface area contributed by atoms with E-state index in [1.165, 1.54) is 6.07 Å². The standard InChI is InChI=1S/C14H8BrClF2N2O2/c15-9-4-2-1-3-7(9)13(21)19-20-14(22)8-5-11(17)12(18)6-10(8)16/h1-6H,(H,19,21)(H,20,22). The van der Waals surface area contributed by atoms with Crippen LogP contribution in [0, 0.1) is 11.6 Å². The van der Waals surface area contributed by atoms with Gasteiger partial charge in [0.1, 0.15) is 0 Å². The van der Waals surface area contributed by atoms with Crippen molar-refractivity contribution in [2.24, 2.45) is 0 Å². The Bertz CT molecular complexity index is 756. The molecule has 0 aliphatic heterocycles. The Balaban J connectivity index is 2.09. The molecule has 2 N–H and O–H groups in total. The van der Waals surface area contributed by atoms with E-state index in [0.29, 0.717) is 22.2 Å². The molecule has 2 aromatic rings. The number of carbonyl (C=O) groups is 2. The highest BCUT2D eigenvalue weighted by Gasteiger charge is 2.16. The number of nitrogens with one attached hydrogen (secondary N) is 2. The van der Waals surface area contributed by atoms with Crippen molar-refractivity contribution < 1.29 is 18.4 Å². The van der Waals surface area contributed by atoms with Gasteiger partial charge in [0, 0.05) is 4.47 Å². The van der Waals surface area contributed by atoms with Crippen LogP contribution in [0.25, 0.3) is 0 Å². The molecule has 2 aromatic carbocycles. The lowest BCUT2D eigenvalue weighted by Crippen LogP contribution is -2.41. The van der Waals surface area contributed by atoms with E-state index in [1.54, 1.807) is 18.2 Å². The summed E-state index contributed by atoms with van der Waals surface area (Å²) in [6.45, 7) is 0. The fourth-order valence-electron chi connectivity index (χ4n) is 1.59. The Morgan fingerprint density at radius 3 is 2.14 bits per heavy atom. The van der Waals surface area contributed by atoms with Crippen LogP contribution in [0.5, 0.6) is 0 Å². The largest absolute Gasteiger partial charge is 0.271 e. The second-order valence-electron chi connectivity index (χ2n) is 4.13. The average Bonchev–Trinajstić information content (AvgIpc) is 2.48. The number of amides is 2. The van der Waals surface area contributed by atoms with Gasteiger partial charge in [-0.25, -0.2) is 8.78 Å². The first-order valence-electron chi connectivity index (χ1n) is 5.90. The molecule has 0 bridgehead atoms. The van der Waals surface area contributed by atoms with Crippen molar-refractivity contribution in [2.75, 3.05) is 0 Å². The molecule has 0 spiro atoms. The number of hydrogen-bond acceptors (Lipinski definition) is 2. The molecule has 0 fully saturated rings. The Morgan fingerprint density at radius 1 is 0.955 bits per heavy atom. The Morgan fingerprint density at radius 2 is 1.50 bits per heavy atom. The van der Waals surface area contributed by atoms with E-state index >= 15 is 0 Å². The van der Waals surface area contributed by atoms with E-state index in [-0.39, 0.29) is 10.6 Å². The van der Waals surface area contributed by atoms with Gasteiger partial charge in [-0.15, -0.1) is 0 Å². The predicted molar refractivity (Wildman–Crippen MR) is 80.4 cm³/mol. The van der Waals surface area contributed by atoms with Crippen LogP contribution >= 0.6 is 27.5 Å². The lowest BCUT2D eigenvalue weighted by Gasteiger charge is -2.09. The van der Waals surface area contributed by atoms with Gasteiger partial charge in [0.25, 0.3) is 11.8 Å². The molecule has 0 aliphatic rings. The first kappa shape index (κ1) is 16.4. The highest BCUT2D eigenvalue weighted by molar-refractivity contribution is 9.10. The van der Waals surface area contributed by atoms with Gasteiger partial charge in [-0.1, -0.05) is 23.7 Å². The van der Waals surface area contributed by atoms with Crippen molar-refractivity contribution in [1.29, 1.82) is 0 Å². The summed E-state index contributed by atoms with van der Waals surface area (Å²) in [5, 5.41) is -0.272. The van der Waals surface area contributed by atoms with E-state index in [2.05, 4.69) is 26.8 Å². The van der Waals surface area contributed by atoms with Gasteiger partial charge in [0.05, 0.1) is 16.1 Å². The normalized spacial score (nSPS) is 10.2. The maximum absolute atomic E-state index is 13.1. The predicted octanol–water partition coefficient (Wildman–Crippen LogP) is 3.46. The van der Waals surface area contributed by atoms with Gasteiger partial charge < -0.3 is 0 Å². The van der Waals surface area contributed by atoms with E-state index in [0.717, 1.165) is 0 Å². The van der Waals surface area contributed by atoms with Gasteiger partial charge in [0.15, 0.2) is 11.6 Å². The second kappa shape index (κ2) is 6.85. The van der Waals surface area contributed by atoms with Crippen molar-refractivity contribution in [1.82, 2.24) is 10.9 Å². The molecular weight excluding hydrogens is 382 g/mol. The zero-order valence-corrected chi connectivity index (χ0v) is 13.1. The maximum atomic E-state index is 13.1. The summed E-state index contributed by atoms with van der Waals surface area (Å²) in [4.78, 5) is 23.7. The van der Waals surface area contributed by atoms with Crippen molar-refractivity contribution >= 4 is 39.3 Å². The quantitative estimate of drug-likeness (QED) is 0.610. The third-order valence-electron chi connectivity index (χ3n) is 2.66. The average molecular weight is 390 g/mol. The summed E-state index contributed by atoms with van der Waals surface area (Å²) in [5.41, 5.74) is 4.23. The minimum atomic E-state index is -1.22. The number of hydrazine groups is 1. The smallest absolute Gasteiger partial charge is 0.267 e. The summed E-state index contributed by atoms with van der Waals surface area (Å²) in [6, 6.07) is 7.90. The fraction of sp³-hybridized carbons (Fsp3) is 0. The minimum absolute atomic E-state index is 0.272. The van der Waals surface area contributed by atoms with Crippen molar-refractivity contribution in [3.05, 3.63) is 68.7 Å². The van der Waals surface area contributed by atoms with Crippen molar-refractivity contribution in [3.8, 4) is 0 Å². The number of hydrogen-bond donors (Lipinski definition) is 2. The molecule has 114 valence electrons. The van der Waals surface area contributed by atoms with E-state index in [9.17, 15) is 18.4 Å². The highest BCUT2D eigenvalue weighted by atomic mass is 79.9. The lowest BCUT2D eigenvalue weighted by molar-refractivity contribution is 0.0846. The molecule has 2 rings (SSSR count). The fourth-order valence-corrected chi connectivity index (χ4v) is 2.29. The SMILES string of the molecule is O=C(NNC(=O)c1ccccc1Br)c1cc(F)c(F)cc1Cl. The Hall–Kier alpha value is -1.99. The monoisotopic (exact) mass is 388 g/mol. The third-order valence-corrected chi connectivity index (χ3v) is 3.67. The summed E-state index contributed by atoms with van der Waals surface area (Å²) in [7, 11) is 0. The van der Waals surface area contributed by atoms with Crippen LogP contribution in [0.15, 0.2) is 40.9 Å². The van der Waals surface area contributed by atoms with E-state index in [4.69, 9.17) is 11.6 Å². The van der Waals surface area contributed by atoms with Crippen LogP contribution in [0.4, 0.5) is 8.78 Å². The van der Waals surface area contributed by atoms with Gasteiger partial charge in [-0.05, 0) is 40.2 Å². The van der Waals surface area contributed by atoms with Gasteiger partial charge >= 0.3 is 0 Å². The van der Waals surface area contributed by atoms with Gasteiger partial charge in [0.2, 0.25) is 0 Å². The molecule has 0 aliphatic carbocycles. The van der Waals surface area contributed by atoms with Crippen LogP contribution in [0.3, 0.4) is 0 Å². The van der Waals surface area contributed by atoms with Crippen LogP contribution in [-0.4, -0.2) is 11.8 Å². The van der Waals surface area contributed by atoms with Crippen LogP contribution in [0.2, 0.25) is 5.02 Å². The Labute approximate surface area is 137 Å². The molecule has 0 saturated heterocycles. The molecule has 22 heavy (non-hydrogen) atoms. The first-order chi connectivity index (χ1) is 10.4. The molecule has 0 saturated carbocycles.